The fourth-order valence-corrected chi connectivity index (χ4v) is 2.77. The van der Waals surface area contributed by atoms with Crippen molar-refractivity contribution in [1.29, 1.82) is 0 Å². The molecule has 24 heavy (non-hydrogen) atoms. The van der Waals surface area contributed by atoms with Crippen molar-refractivity contribution < 1.29 is 4.74 Å². The van der Waals surface area contributed by atoms with E-state index < -0.39 is 0 Å². The van der Waals surface area contributed by atoms with Crippen LogP contribution in [0.25, 0.3) is 22.5 Å². The van der Waals surface area contributed by atoms with E-state index >= 15 is 0 Å². The van der Waals surface area contributed by atoms with Gasteiger partial charge in [0.1, 0.15) is 11.3 Å². The van der Waals surface area contributed by atoms with Crippen molar-refractivity contribution in [1.82, 2.24) is 29.4 Å². The maximum atomic E-state index is 12.8. The van der Waals surface area contributed by atoms with Crippen LogP contribution in [0.4, 0.5) is 0 Å². The number of hydrogen-bond acceptors (Lipinski definition) is 7. The average Bonchev–Trinajstić information content (AvgIpc) is 3.06. The SMILES string of the molecule is COc1cccc(-n2ccc3c(nnc4nc(SC)nn43)c2=O)c1. The predicted octanol–water partition coefficient (Wildman–Crippen LogP) is 1.55. The maximum absolute atomic E-state index is 12.8. The van der Waals surface area contributed by atoms with Gasteiger partial charge in [-0.3, -0.25) is 9.36 Å². The van der Waals surface area contributed by atoms with Gasteiger partial charge in [0, 0.05) is 12.3 Å². The summed E-state index contributed by atoms with van der Waals surface area (Å²) in [6, 6.07) is 9.01. The molecule has 0 aliphatic carbocycles. The third kappa shape index (κ3) is 2.21. The lowest BCUT2D eigenvalue weighted by Gasteiger charge is -2.08. The smallest absolute Gasteiger partial charge is 0.285 e. The molecule has 8 nitrogen and oxygen atoms in total. The normalized spacial score (nSPS) is 11.2. The van der Waals surface area contributed by atoms with E-state index in [9.17, 15) is 4.79 Å². The Morgan fingerprint density at radius 1 is 1.21 bits per heavy atom. The van der Waals surface area contributed by atoms with Gasteiger partial charge in [-0.15, -0.1) is 15.3 Å². The summed E-state index contributed by atoms with van der Waals surface area (Å²) >= 11 is 1.40. The number of methoxy groups -OCH3 is 1. The van der Waals surface area contributed by atoms with Crippen molar-refractivity contribution in [3.63, 3.8) is 0 Å². The molecule has 3 heterocycles. The van der Waals surface area contributed by atoms with Crippen molar-refractivity contribution in [2.24, 2.45) is 0 Å². The van der Waals surface area contributed by atoms with Gasteiger partial charge in [-0.25, -0.2) is 0 Å². The van der Waals surface area contributed by atoms with E-state index in [1.54, 1.807) is 25.4 Å². The molecule has 4 rings (SSSR count). The number of fused-ring (bicyclic) bond motifs is 3. The van der Waals surface area contributed by atoms with E-state index in [1.165, 1.54) is 20.8 Å². The second-order valence-corrected chi connectivity index (χ2v) is 5.71. The van der Waals surface area contributed by atoms with Crippen LogP contribution in [0.5, 0.6) is 5.75 Å². The highest BCUT2D eigenvalue weighted by Crippen LogP contribution is 2.17. The molecule has 4 aromatic rings. The zero-order valence-corrected chi connectivity index (χ0v) is 13.7. The van der Waals surface area contributed by atoms with E-state index in [0.29, 0.717) is 27.9 Å². The van der Waals surface area contributed by atoms with Crippen molar-refractivity contribution in [2.75, 3.05) is 13.4 Å². The molecule has 0 unspecified atom stereocenters. The van der Waals surface area contributed by atoms with E-state index in [4.69, 9.17) is 4.74 Å². The third-order valence-electron chi connectivity index (χ3n) is 3.60. The third-order valence-corrected chi connectivity index (χ3v) is 4.14. The van der Waals surface area contributed by atoms with Crippen molar-refractivity contribution in [2.45, 2.75) is 5.16 Å². The van der Waals surface area contributed by atoms with Crippen LogP contribution in [-0.4, -0.2) is 42.7 Å². The Bertz CT molecular complexity index is 1120. The van der Waals surface area contributed by atoms with Crippen LogP contribution in [0.3, 0.4) is 0 Å². The maximum Gasteiger partial charge on any atom is 0.285 e. The Kier molecular flexibility index (Phi) is 3.42. The summed E-state index contributed by atoms with van der Waals surface area (Å²) in [5.41, 5.74) is 1.20. The molecule has 3 aromatic heterocycles. The standard InChI is InChI=1S/C15H12N6O2S/c1-23-10-5-3-4-9(8-10)20-7-6-11-12(13(20)22)17-18-14-16-15(24-2)19-21(11)14/h3-8H,1-2H3. The number of ether oxygens (including phenoxy) is 1. The Morgan fingerprint density at radius 2 is 2.08 bits per heavy atom. The molecule has 1 aromatic carbocycles. The summed E-state index contributed by atoms with van der Waals surface area (Å²) in [5.74, 6) is 1.03. The molecule has 0 N–H and O–H groups in total. The van der Waals surface area contributed by atoms with Crippen molar-refractivity contribution >= 4 is 28.6 Å². The second-order valence-electron chi connectivity index (χ2n) is 4.94. The quantitative estimate of drug-likeness (QED) is 0.523. The summed E-state index contributed by atoms with van der Waals surface area (Å²) in [5, 5.41) is 12.9. The average molecular weight is 340 g/mol. The minimum atomic E-state index is -0.281. The Morgan fingerprint density at radius 3 is 2.88 bits per heavy atom. The number of nitrogens with zero attached hydrogens (tertiary/aromatic N) is 6. The van der Waals surface area contributed by atoms with E-state index in [0.717, 1.165) is 0 Å². The molecule has 0 aliphatic heterocycles. The van der Waals surface area contributed by atoms with Crippen molar-refractivity contribution in [3.05, 3.63) is 46.9 Å². The van der Waals surface area contributed by atoms with E-state index in [-0.39, 0.29) is 11.1 Å². The summed E-state index contributed by atoms with van der Waals surface area (Å²) in [6.07, 6.45) is 3.56. The number of hydrogen-bond donors (Lipinski definition) is 0. The Hall–Kier alpha value is -2.94. The summed E-state index contributed by atoms with van der Waals surface area (Å²) in [7, 11) is 1.58. The lowest BCUT2D eigenvalue weighted by molar-refractivity contribution is 0.414. The number of benzene rings is 1. The molecule has 120 valence electrons. The zero-order chi connectivity index (χ0) is 16.7. The van der Waals surface area contributed by atoms with Gasteiger partial charge < -0.3 is 4.74 Å². The van der Waals surface area contributed by atoms with Crippen LogP contribution >= 0.6 is 11.8 Å². The van der Waals surface area contributed by atoms with Crippen LogP contribution in [0, 0.1) is 0 Å². The highest BCUT2D eigenvalue weighted by molar-refractivity contribution is 7.98. The highest BCUT2D eigenvalue weighted by atomic mass is 32.2. The topological polar surface area (TPSA) is 87.2 Å². The summed E-state index contributed by atoms with van der Waals surface area (Å²) < 4.78 is 8.24. The van der Waals surface area contributed by atoms with Crippen LogP contribution in [0.1, 0.15) is 0 Å². The fourth-order valence-electron chi connectivity index (χ4n) is 2.44. The highest BCUT2D eigenvalue weighted by Gasteiger charge is 2.13. The van der Waals surface area contributed by atoms with Crippen LogP contribution in [0.2, 0.25) is 0 Å². The van der Waals surface area contributed by atoms with Crippen LogP contribution < -0.4 is 10.3 Å². The van der Waals surface area contributed by atoms with Crippen molar-refractivity contribution in [3.8, 4) is 11.4 Å². The van der Waals surface area contributed by atoms with Crippen LogP contribution in [-0.2, 0) is 0 Å². The molecule has 0 aliphatic rings. The first-order valence-corrected chi connectivity index (χ1v) is 8.27. The Labute approximate surface area is 140 Å². The van der Waals surface area contributed by atoms with Gasteiger partial charge in [0.05, 0.1) is 12.8 Å². The molecule has 0 amide bonds. The first-order chi connectivity index (χ1) is 11.7. The predicted molar refractivity (Wildman–Crippen MR) is 90.0 cm³/mol. The molecule has 0 atom stereocenters. The lowest BCUT2D eigenvalue weighted by Crippen LogP contribution is -2.20. The minimum absolute atomic E-state index is 0.227. The zero-order valence-electron chi connectivity index (χ0n) is 12.9. The van der Waals surface area contributed by atoms with E-state index in [1.807, 2.05) is 24.5 Å². The number of rotatable bonds is 3. The van der Waals surface area contributed by atoms with Gasteiger partial charge in [-0.1, -0.05) is 17.8 Å². The molecule has 9 heteroatoms. The van der Waals surface area contributed by atoms with Gasteiger partial charge in [0.2, 0.25) is 5.16 Å². The monoisotopic (exact) mass is 340 g/mol. The molecule has 0 bridgehead atoms. The molecular weight excluding hydrogens is 328 g/mol. The molecule has 0 saturated carbocycles. The fraction of sp³-hybridized carbons (Fsp3) is 0.133. The minimum Gasteiger partial charge on any atom is -0.497 e. The molecule has 0 spiro atoms. The number of aromatic nitrogens is 6. The van der Waals surface area contributed by atoms with Gasteiger partial charge in [-0.05, 0) is 24.5 Å². The number of thioether (sulfide) groups is 1. The number of pyridine rings is 1. The summed E-state index contributed by atoms with van der Waals surface area (Å²) in [6.45, 7) is 0. The second kappa shape index (κ2) is 5.60. The van der Waals surface area contributed by atoms with E-state index in [2.05, 4.69) is 20.3 Å². The molecule has 0 fully saturated rings. The van der Waals surface area contributed by atoms with Crippen LogP contribution in [0.15, 0.2) is 46.5 Å². The van der Waals surface area contributed by atoms with Gasteiger partial charge >= 0.3 is 0 Å². The van der Waals surface area contributed by atoms with Gasteiger partial charge in [0.15, 0.2) is 5.52 Å². The van der Waals surface area contributed by atoms with Gasteiger partial charge in [0.25, 0.3) is 11.3 Å². The Balaban J connectivity index is 1.98. The largest absolute Gasteiger partial charge is 0.497 e. The molecule has 0 radical (unpaired) electrons. The lowest BCUT2D eigenvalue weighted by atomic mass is 10.3. The summed E-state index contributed by atoms with van der Waals surface area (Å²) in [4.78, 5) is 17.0. The molecular formula is C15H12N6O2S. The van der Waals surface area contributed by atoms with Gasteiger partial charge in [-0.2, -0.15) is 9.50 Å². The first kappa shape index (κ1) is 14.6. The molecule has 0 saturated heterocycles. The first-order valence-electron chi connectivity index (χ1n) is 7.04.